The van der Waals surface area contributed by atoms with Gasteiger partial charge in [0.2, 0.25) is 0 Å². The van der Waals surface area contributed by atoms with Gasteiger partial charge in [-0.3, -0.25) is 0 Å². The van der Waals surface area contributed by atoms with E-state index in [1.165, 1.54) is 74.5 Å². The topological polar surface area (TPSA) is 9.86 Å². The average Bonchev–Trinajstić information content (AvgIpc) is 1.66. The molecule has 0 aliphatic heterocycles. The summed E-state index contributed by atoms with van der Waals surface area (Å²) in [5.74, 6) is 0.530. The summed E-state index contributed by atoms with van der Waals surface area (Å²) in [7, 11) is 0. The second-order valence-corrected chi connectivity index (χ2v) is 33.8. The quantitative estimate of drug-likeness (QED) is 0.164. The normalized spacial score (nSPS) is 15.0. The molecule has 0 aliphatic rings. The molecule has 0 aliphatic carbocycles. The number of rotatable bonds is 2. The summed E-state index contributed by atoms with van der Waals surface area (Å²) >= 11 is 0. The fraction of sp³-hybridized carbons (Fsp3) is 0.688. The van der Waals surface area contributed by atoms with Crippen molar-refractivity contribution in [2.24, 2.45) is 44.3 Å². The summed E-state index contributed by atoms with van der Waals surface area (Å²) in [4.78, 5) is 0. The fourth-order valence-electron chi connectivity index (χ4n) is 9.51. The van der Waals surface area contributed by atoms with Crippen molar-refractivity contribution in [3.8, 4) is 0 Å². The van der Waals surface area contributed by atoms with Gasteiger partial charge in [-0.05, 0) is 163 Å². The number of hydrogen-bond donors (Lipinski definition) is 0. The van der Waals surface area contributed by atoms with Crippen LogP contribution in [0, 0.1) is 44.3 Å². The Bertz CT molecular complexity index is 2800. The molecule has 6 aromatic rings. The third-order valence-corrected chi connectivity index (χ3v) is 13.3. The van der Waals surface area contributed by atoms with Crippen LogP contribution in [0.25, 0.3) is 43.6 Å². The molecule has 0 fully saturated rings. The van der Waals surface area contributed by atoms with Crippen molar-refractivity contribution in [2.75, 3.05) is 0 Å². The van der Waals surface area contributed by atoms with Crippen molar-refractivity contribution >= 4 is 43.6 Å². The van der Waals surface area contributed by atoms with Crippen LogP contribution < -0.4 is 0 Å². The van der Waals surface area contributed by atoms with Gasteiger partial charge in [0, 0.05) is 64.3 Å². The summed E-state index contributed by atoms with van der Waals surface area (Å²) in [6.07, 6.45) is -2.02. The molecule has 2 nitrogen and oxygen atoms in total. The Balaban J connectivity index is 0.00000104. The largest absolute Gasteiger partial charge is 0.335 e. The van der Waals surface area contributed by atoms with Gasteiger partial charge in [-0.25, -0.2) is 0 Å². The van der Waals surface area contributed by atoms with Gasteiger partial charge < -0.3 is 9.13 Å². The Kier molecular flexibility index (Phi) is 23.3. The van der Waals surface area contributed by atoms with Crippen molar-refractivity contribution in [1.82, 2.24) is 9.13 Å². The molecule has 79 heavy (non-hydrogen) atoms. The van der Waals surface area contributed by atoms with Crippen molar-refractivity contribution in [3.05, 3.63) is 96.1 Å². The van der Waals surface area contributed by atoms with E-state index in [-0.39, 0.29) is 38.6 Å². The lowest BCUT2D eigenvalue weighted by Crippen LogP contribution is -2.21. The van der Waals surface area contributed by atoms with E-state index in [2.05, 4.69) is 274 Å². The van der Waals surface area contributed by atoms with E-state index in [1.807, 2.05) is 34.6 Å². The van der Waals surface area contributed by atoms with Gasteiger partial charge in [0.25, 0.3) is 0 Å². The lowest BCUT2D eigenvalue weighted by Gasteiger charge is -2.28. The second-order valence-electron chi connectivity index (χ2n) is 33.8. The maximum Gasteiger partial charge on any atom is 0.0496 e. The monoisotopic (exact) mass is 1090 g/mol. The molecule has 6 rings (SSSR count). The molecule has 0 amide bonds. The fourth-order valence-corrected chi connectivity index (χ4v) is 9.51. The third kappa shape index (κ3) is 28.8. The van der Waals surface area contributed by atoms with E-state index in [0.29, 0.717) is 16.2 Å². The number of benzene rings is 4. The molecule has 0 spiro atoms. The van der Waals surface area contributed by atoms with Gasteiger partial charge in [-0.2, -0.15) is 0 Å². The van der Waals surface area contributed by atoms with Crippen LogP contribution in [0.5, 0.6) is 0 Å². The molecule has 2 heterocycles. The van der Waals surface area contributed by atoms with E-state index >= 15 is 0 Å². The van der Waals surface area contributed by atoms with Crippen molar-refractivity contribution in [1.29, 1.82) is 0 Å². The van der Waals surface area contributed by atoms with Crippen LogP contribution in [0.1, 0.15) is 302 Å². The summed E-state index contributed by atoms with van der Waals surface area (Å²) in [6, 6.07) is 31.3. The van der Waals surface area contributed by atoms with E-state index in [1.54, 1.807) is 27.7 Å². The first-order valence-corrected chi connectivity index (χ1v) is 30.1. The molecule has 0 atom stereocenters. The maximum atomic E-state index is 7.58. The van der Waals surface area contributed by atoms with Crippen molar-refractivity contribution in [3.63, 3.8) is 0 Å². The highest BCUT2D eigenvalue weighted by atomic mass is 15.1. The smallest absolute Gasteiger partial charge is 0.0496 e. The molecular formula is C77H134N2. The Labute approximate surface area is 503 Å². The highest BCUT2D eigenvalue weighted by Crippen LogP contribution is 2.39. The molecule has 0 N–H and O–H groups in total. The number of aromatic nitrogens is 2. The molecule has 4 aromatic carbocycles. The number of para-hydroxylation sites is 2. The van der Waals surface area contributed by atoms with Gasteiger partial charge in [-0.1, -0.05) is 269 Å². The summed E-state index contributed by atoms with van der Waals surface area (Å²) in [5.41, 5.74) is 9.28. The van der Waals surface area contributed by atoms with Crippen LogP contribution in [-0.4, -0.2) is 9.13 Å². The molecule has 452 valence electrons. The minimum Gasteiger partial charge on any atom is -0.335 e. The second kappa shape index (κ2) is 29.1. The van der Waals surface area contributed by atoms with Gasteiger partial charge in [0.1, 0.15) is 0 Å². The molecule has 0 radical (unpaired) electrons. The first kappa shape index (κ1) is 63.1. The molecule has 0 saturated heterocycles. The zero-order valence-corrected chi connectivity index (χ0v) is 59.0. The van der Waals surface area contributed by atoms with Crippen LogP contribution in [-0.2, 0) is 21.9 Å². The van der Waals surface area contributed by atoms with E-state index in [0.717, 1.165) is 5.92 Å². The van der Waals surface area contributed by atoms with Crippen LogP contribution in [0.3, 0.4) is 0 Å². The van der Waals surface area contributed by atoms with Gasteiger partial charge in [0.15, 0.2) is 0 Å². The first-order chi connectivity index (χ1) is 37.5. The highest BCUT2D eigenvalue weighted by Gasteiger charge is 2.25. The summed E-state index contributed by atoms with van der Waals surface area (Å²) in [5, 5.41) is 5.45. The zero-order valence-electron chi connectivity index (χ0n) is 66.0. The molecule has 2 aromatic heterocycles. The molecule has 0 unspecified atom stereocenters. The van der Waals surface area contributed by atoms with Gasteiger partial charge in [0.05, 0.1) is 0 Å². The number of nitrogens with zero attached hydrogens (tertiary/aromatic N) is 2. The Morgan fingerprint density at radius 2 is 0.684 bits per heavy atom. The zero-order chi connectivity index (χ0) is 68.8. The van der Waals surface area contributed by atoms with E-state index < -0.39 is 24.5 Å². The summed E-state index contributed by atoms with van der Waals surface area (Å²) in [6.45, 7) is 76.3. The van der Waals surface area contributed by atoms with Crippen LogP contribution in [0.4, 0.5) is 0 Å². The number of hydrogen-bond acceptors (Lipinski definition) is 0. The lowest BCUT2D eigenvalue weighted by molar-refractivity contribution is 0.233. The predicted molar refractivity (Wildman–Crippen MR) is 367 cm³/mol. The Hall–Kier alpha value is -3.52. The first-order valence-electron chi connectivity index (χ1n) is 33.6. The molecule has 2 heteroatoms. The van der Waals surface area contributed by atoms with E-state index in [4.69, 9.17) is 9.60 Å². The van der Waals surface area contributed by atoms with Crippen molar-refractivity contribution < 1.29 is 9.60 Å². The molecule has 0 bridgehead atoms. The standard InChI is InChI=1S/C24H33N.C16H17N.C9H20.C8H18.2C7H16.C6H14/c1-22(2,3)16-10-12-20-18(14-16)19-15-17(23(4,5)6)11-13-21(19)25(20)24(7,8)9;1-16(2,3)17-14-10-6-4-8-12(14)13-9-5-7-11-15(13)17;1-8(2,3)7-9(4,5)6;1-7(2)6-8(3,4)5;1-6(2)7(3,4)5;1-5-6-7(2,3)4;1-5-6(2,3)4/h10-15H,1-9H3;4-11H,1-3H3;7H2,1-6H3;7H,6H2,1-5H3;6H,1-5H3;5-6H2,1-4H3;5H2,1-4H3/i;;;;6D;5D2,6D2;5D2. The summed E-state index contributed by atoms with van der Waals surface area (Å²) < 4.78 is 56.6. The lowest BCUT2D eigenvalue weighted by atomic mass is 9.78. The third-order valence-electron chi connectivity index (χ3n) is 13.3. The predicted octanol–water partition coefficient (Wildman–Crippen LogP) is 26.2. The average molecular weight is 1090 g/mol. The Morgan fingerprint density at radius 1 is 0.392 bits per heavy atom. The van der Waals surface area contributed by atoms with Crippen molar-refractivity contribution in [2.45, 2.75) is 303 Å². The van der Waals surface area contributed by atoms with Crippen LogP contribution in [0.15, 0.2) is 84.9 Å². The minimum absolute atomic E-state index is 0.0481. The van der Waals surface area contributed by atoms with Crippen LogP contribution in [0.2, 0.25) is 0 Å². The molecule has 0 saturated carbocycles. The van der Waals surface area contributed by atoms with E-state index in [9.17, 15) is 0 Å². The number of fused-ring (bicyclic) bond motifs is 6. The minimum atomic E-state index is -1.79. The van der Waals surface area contributed by atoms with Gasteiger partial charge in [-0.15, -0.1) is 0 Å². The highest BCUT2D eigenvalue weighted by molar-refractivity contribution is 6.09. The SMILES string of the molecule is CC(C)(C)CC(C)(C)C.CC(C)(C)c1ccc2c(c1)c1cc(C(C)(C)C)ccc1n2C(C)(C)C.CC(C)(C)n1c2ccccc2c2ccccc21.CC(C)CC(C)(C)C.[2H]C(C)(C)C(C)(C)C.[2H]C([2H])(C)C(C)(C)C.[2H]C([2H])(C)C([2H])([2H])C(C)(C)C. The Morgan fingerprint density at radius 3 is 0.848 bits per heavy atom. The van der Waals surface area contributed by atoms with Crippen LogP contribution >= 0.6 is 0 Å². The maximum absolute atomic E-state index is 7.58. The molecular weight excluding hydrogens is 953 g/mol. The van der Waals surface area contributed by atoms with Gasteiger partial charge >= 0.3 is 0 Å².